The maximum Gasteiger partial charge on any atom is 0.239 e. The van der Waals surface area contributed by atoms with Crippen LogP contribution in [0.25, 0.3) is 0 Å². The van der Waals surface area contributed by atoms with Gasteiger partial charge in [-0.2, -0.15) is 0 Å². The van der Waals surface area contributed by atoms with Gasteiger partial charge in [0.2, 0.25) is 5.91 Å². The zero-order chi connectivity index (χ0) is 13.8. The number of likely N-dealkylation sites (tertiary alicyclic amines) is 1. The first kappa shape index (κ1) is 14.8. The van der Waals surface area contributed by atoms with E-state index in [-0.39, 0.29) is 6.04 Å². The third-order valence-corrected chi connectivity index (χ3v) is 4.59. The average molecular weight is 267 g/mol. The lowest BCUT2D eigenvalue weighted by Gasteiger charge is -2.38. The Labute approximate surface area is 117 Å². The highest BCUT2D eigenvalue weighted by atomic mass is 16.2. The summed E-state index contributed by atoms with van der Waals surface area (Å²) in [5, 5.41) is 3.41. The van der Waals surface area contributed by atoms with Crippen molar-refractivity contribution in [2.75, 3.05) is 40.3 Å². The molecule has 0 aromatic carbocycles. The molecular formula is C15H29N3O. The van der Waals surface area contributed by atoms with Crippen LogP contribution in [-0.2, 0) is 4.79 Å². The highest BCUT2D eigenvalue weighted by Crippen LogP contribution is 2.22. The lowest BCUT2D eigenvalue weighted by atomic mass is 9.90. The van der Waals surface area contributed by atoms with Crippen molar-refractivity contribution in [1.82, 2.24) is 15.1 Å². The molecule has 0 bridgehead atoms. The summed E-state index contributed by atoms with van der Waals surface area (Å²) in [6.45, 7) is 6.25. The molecule has 0 aromatic rings. The fourth-order valence-corrected chi connectivity index (χ4v) is 3.43. The molecule has 0 aliphatic carbocycles. The Bertz CT molecular complexity index is 298. The molecule has 2 aliphatic heterocycles. The number of carbonyl (C=O) groups is 1. The van der Waals surface area contributed by atoms with Crippen LogP contribution in [0, 0.1) is 11.8 Å². The van der Waals surface area contributed by atoms with Gasteiger partial charge in [0.1, 0.15) is 0 Å². The molecule has 2 unspecified atom stereocenters. The third kappa shape index (κ3) is 3.93. The van der Waals surface area contributed by atoms with Crippen LogP contribution < -0.4 is 5.32 Å². The Balaban J connectivity index is 1.81. The molecule has 0 radical (unpaired) electrons. The number of hydrogen-bond acceptors (Lipinski definition) is 3. The van der Waals surface area contributed by atoms with Gasteiger partial charge in [0, 0.05) is 19.6 Å². The van der Waals surface area contributed by atoms with Gasteiger partial charge in [0.25, 0.3) is 0 Å². The summed E-state index contributed by atoms with van der Waals surface area (Å²) in [4.78, 5) is 16.9. The molecule has 2 rings (SSSR count). The van der Waals surface area contributed by atoms with E-state index in [0.29, 0.717) is 11.8 Å². The van der Waals surface area contributed by atoms with Gasteiger partial charge < -0.3 is 15.1 Å². The molecule has 19 heavy (non-hydrogen) atoms. The predicted octanol–water partition coefficient (Wildman–Crippen LogP) is 1.17. The van der Waals surface area contributed by atoms with Gasteiger partial charge in [0.05, 0.1) is 6.04 Å². The quantitative estimate of drug-likeness (QED) is 0.834. The SMILES string of the molecule is CC1CCCNC1C(=O)N1CCC(CN(C)C)CC1. The van der Waals surface area contributed by atoms with Crippen molar-refractivity contribution in [3.05, 3.63) is 0 Å². The fraction of sp³-hybridized carbons (Fsp3) is 0.933. The summed E-state index contributed by atoms with van der Waals surface area (Å²) in [7, 11) is 4.26. The minimum absolute atomic E-state index is 0.0687. The molecule has 4 heteroatoms. The Morgan fingerprint density at radius 3 is 2.53 bits per heavy atom. The largest absolute Gasteiger partial charge is 0.341 e. The first-order valence-electron chi connectivity index (χ1n) is 7.75. The van der Waals surface area contributed by atoms with E-state index in [1.165, 1.54) is 12.8 Å². The van der Waals surface area contributed by atoms with Crippen LogP contribution in [-0.4, -0.2) is 62.0 Å². The standard InChI is InChI=1S/C15H29N3O/c1-12-5-4-8-16-14(12)15(19)18-9-6-13(7-10-18)11-17(2)3/h12-14,16H,4-11H2,1-3H3. The number of nitrogens with one attached hydrogen (secondary N) is 1. The van der Waals surface area contributed by atoms with Crippen LogP contribution in [0.1, 0.15) is 32.6 Å². The topological polar surface area (TPSA) is 35.6 Å². The van der Waals surface area contributed by atoms with Gasteiger partial charge in [0.15, 0.2) is 0 Å². The van der Waals surface area contributed by atoms with Crippen LogP contribution in [0.15, 0.2) is 0 Å². The molecule has 1 amide bonds. The van der Waals surface area contributed by atoms with Crippen molar-refractivity contribution >= 4 is 5.91 Å². The monoisotopic (exact) mass is 267 g/mol. The Morgan fingerprint density at radius 1 is 1.26 bits per heavy atom. The minimum Gasteiger partial charge on any atom is -0.341 e. The zero-order valence-corrected chi connectivity index (χ0v) is 12.7. The van der Waals surface area contributed by atoms with E-state index in [4.69, 9.17) is 0 Å². The minimum atomic E-state index is 0.0687. The molecule has 2 saturated heterocycles. The predicted molar refractivity (Wildman–Crippen MR) is 78.0 cm³/mol. The Kier molecular flexibility index (Phi) is 5.22. The Morgan fingerprint density at radius 2 is 1.95 bits per heavy atom. The van der Waals surface area contributed by atoms with Crippen LogP contribution in [0.2, 0.25) is 0 Å². The van der Waals surface area contributed by atoms with Crippen molar-refractivity contribution in [2.24, 2.45) is 11.8 Å². The number of piperidine rings is 2. The molecule has 0 aromatic heterocycles. The second-order valence-electron chi connectivity index (χ2n) is 6.58. The molecule has 110 valence electrons. The van der Waals surface area contributed by atoms with Crippen molar-refractivity contribution in [2.45, 2.75) is 38.6 Å². The molecule has 2 atom stereocenters. The van der Waals surface area contributed by atoms with Crippen molar-refractivity contribution in [3.8, 4) is 0 Å². The van der Waals surface area contributed by atoms with Crippen molar-refractivity contribution in [3.63, 3.8) is 0 Å². The average Bonchev–Trinajstić information content (AvgIpc) is 2.39. The zero-order valence-electron chi connectivity index (χ0n) is 12.7. The van der Waals surface area contributed by atoms with Crippen LogP contribution in [0.5, 0.6) is 0 Å². The third-order valence-electron chi connectivity index (χ3n) is 4.59. The van der Waals surface area contributed by atoms with Crippen LogP contribution in [0.3, 0.4) is 0 Å². The van der Waals surface area contributed by atoms with Crippen molar-refractivity contribution < 1.29 is 4.79 Å². The summed E-state index contributed by atoms with van der Waals surface area (Å²) in [6.07, 6.45) is 4.70. The summed E-state index contributed by atoms with van der Waals surface area (Å²) in [6, 6.07) is 0.0687. The van der Waals surface area contributed by atoms with Gasteiger partial charge >= 0.3 is 0 Å². The van der Waals surface area contributed by atoms with Gasteiger partial charge in [-0.1, -0.05) is 6.92 Å². The van der Waals surface area contributed by atoms with Gasteiger partial charge in [-0.15, -0.1) is 0 Å². The summed E-state index contributed by atoms with van der Waals surface area (Å²) in [5.74, 6) is 1.59. The smallest absolute Gasteiger partial charge is 0.239 e. The molecule has 2 aliphatic rings. The number of nitrogens with zero attached hydrogens (tertiary/aromatic N) is 2. The number of rotatable bonds is 3. The fourth-order valence-electron chi connectivity index (χ4n) is 3.43. The molecule has 2 fully saturated rings. The van der Waals surface area contributed by atoms with Crippen LogP contribution >= 0.6 is 0 Å². The highest BCUT2D eigenvalue weighted by Gasteiger charge is 2.32. The summed E-state index contributed by atoms with van der Waals surface area (Å²) < 4.78 is 0. The van der Waals surface area contributed by atoms with Crippen LogP contribution in [0.4, 0.5) is 0 Å². The molecule has 0 spiro atoms. The van der Waals surface area contributed by atoms with E-state index in [1.54, 1.807) is 0 Å². The first-order chi connectivity index (χ1) is 9.08. The first-order valence-corrected chi connectivity index (χ1v) is 7.75. The van der Waals surface area contributed by atoms with E-state index in [2.05, 4.69) is 36.1 Å². The maximum atomic E-state index is 12.5. The molecule has 2 heterocycles. The Hall–Kier alpha value is -0.610. The van der Waals surface area contributed by atoms with E-state index in [0.717, 1.165) is 44.9 Å². The van der Waals surface area contributed by atoms with Gasteiger partial charge in [-0.3, -0.25) is 4.79 Å². The van der Waals surface area contributed by atoms with E-state index in [9.17, 15) is 4.79 Å². The molecule has 0 saturated carbocycles. The second-order valence-corrected chi connectivity index (χ2v) is 6.58. The highest BCUT2D eigenvalue weighted by molar-refractivity contribution is 5.82. The maximum absolute atomic E-state index is 12.5. The van der Waals surface area contributed by atoms with E-state index < -0.39 is 0 Å². The van der Waals surface area contributed by atoms with Crippen molar-refractivity contribution in [1.29, 1.82) is 0 Å². The van der Waals surface area contributed by atoms with Gasteiger partial charge in [-0.05, 0) is 58.2 Å². The second kappa shape index (κ2) is 6.71. The molecular weight excluding hydrogens is 238 g/mol. The summed E-state index contributed by atoms with van der Waals surface area (Å²) in [5.41, 5.74) is 0. The van der Waals surface area contributed by atoms with E-state index in [1.807, 2.05) is 0 Å². The lowest BCUT2D eigenvalue weighted by Crippen LogP contribution is -2.54. The molecule has 4 nitrogen and oxygen atoms in total. The number of hydrogen-bond donors (Lipinski definition) is 1. The number of carbonyl (C=O) groups excluding carboxylic acids is 1. The normalized spacial score (nSPS) is 29.8. The van der Waals surface area contributed by atoms with E-state index >= 15 is 0 Å². The van der Waals surface area contributed by atoms with Gasteiger partial charge in [-0.25, -0.2) is 0 Å². The lowest BCUT2D eigenvalue weighted by molar-refractivity contribution is -0.136. The summed E-state index contributed by atoms with van der Waals surface area (Å²) >= 11 is 0. The molecule has 1 N–H and O–H groups in total. The number of amides is 1.